The minimum absolute atomic E-state index is 0.470. The van der Waals surface area contributed by atoms with Gasteiger partial charge in [0.15, 0.2) is 0 Å². The van der Waals surface area contributed by atoms with Crippen LogP contribution < -0.4 is 0 Å². The molecule has 1 heterocycles. The Labute approximate surface area is 174 Å². The van der Waals surface area contributed by atoms with E-state index in [-0.39, 0.29) is 0 Å². The van der Waals surface area contributed by atoms with Crippen LogP contribution >= 0.6 is 0 Å². The van der Waals surface area contributed by atoms with Gasteiger partial charge in [-0.15, -0.1) is 0 Å². The van der Waals surface area contributed by atoms with E-state index in [2.05, 4.69) is 40.6 Å². The molecule has 30 heavy (non-hydrogen) atoms. The zero-order valence-electron chi connectivity index (χ0n) is 16.4. The molecule has 0 unspecified atom stereocenters. The molecule has 5 heteroatoms. The average Bonchev–Trinajstić information content (AvgIpc) is 3.22. The van der Waals surface area contributed by atoms with E-state index < -0.39 is 5.97 Å². The van der Waals surface area contributed by atoms with E-state index in [9.17, 15) is 4.79 Å². The number of rotatable bonds is 4. The minimum atomic E-state index is -0.470. The van der Waals surface area contributed by atoms with E-state index in [1.165, 1.54) is 16.3 Å². The monoisotopic (exact) mass is 396 g/mol. The molecule has 5 nitrogen and oxygen atoms in total. The molecular formula is C25H20N2O3. The number of fused-ring (bicyclic) bond motifs is 2. The number of carbonyl (C=O) groups excluding carboxylic acids is 1. The molecule has 1 aliphatic rings. The lowest BCUT2D eigenvalue weighted by atomic mass is 9.91. The maximum atomic E-state index is 12.3. The van der Waals surface area contributed by atoms with E-state index in [0.29, 0.717) is 12.0 Å². The normalized spacial score (nSPS) is 14.6. The van der Waals surface area contributed by atoms with Gasteiger partial charge in [-0.2, -0.15) is 0 Å². The Morgan fingerprint density at radius 1 is 0.967 bits per heavy atom. The Hall–Kier alpha value is -3.73. The molecule has 5 rings (SSSR count). The van der Waals surface area contributed by atoms with Crippen molar-refractivity contribution in [1.29, 1.82) is 0 Å². The Bertz CT molecular complexity index is 1240. The lowest BCUT2D eigenvalue weighted by molar-refractivity contribution is 0.0515. The fourth-order valence-electron chi connectivity index (χ4n) is 3.96. The second-order valence-corrected chi connectivity index (χ2v) is 7.38. The van der Waals surface area contributed by atoms with Crippen LogP contribution in [0.4, 0.5) is 0 Å². The number of benzene rings is 3. The van der Waals surface area contributed by atoms with Crippen LogP contribution in [0, 0.1) is 0 Å². The first-order valence-corrected chi connectivity index (χ1v) is 10.1. The summed E-state index contributed by atoms with van der Waals surface area (Å²) in [5.41, 5.74) is 4.08. The van der Waals surface area contributed by atoms with Crippen molar-refractivity contribution in [1.82, 2.24) is 5.16 Å². The predicted octanol–water partition coefficient (Wildman–Crippen LogP) is 5.32. The summed E-state index contributed by atoms with van der Waals surface area (Å²) < 4.78 is 5.62. The summed E-state index contributed by atoms with van der Waals surface area (Å²) >= 11 is 0. The highest BCUT2D eigenvalue weighted by Crippen LogP contribution is 2.29. The molecule has 0 saturated carbocycles. The van der Waals surface area contributed by atoms with Crippen LogP contribution in [0.5, 0.6) is 0 Å². The number of aryl methyl sites for hydroxylation is 1. The maximum Gasteiger partial charge on any atom is 0.365 e. The van der Waals surface area contributed by atoms with Crippen molar-refractivity contribution in [2.24, 2.45) is 5.16 Å². The number of nitrogens with zero attached hydrogens (tertiary/aromatic N) is 2. The van der Waals surface area contributed by atoms with Gasteiger partial charge in [0.25, 0.3) is 0 Å². The molecule has 0 fully saturated rings. The first-order valence-electron chi connectivity index (χ1n) is 10.1. The van der Waals surface area contributed by atoms with Crippen molar-refractivity contribution in [3.05, 3.63) is 101 Å². The highest BCUT2D eigenvalue weighted by Gasteiger charge is 2.26. The Kier molecular flexibility index (Phi) is 4.85. The molecule has 1 aromatic heterocycles. The van der Waals surface area contributed by atoms with Crippen LogP contribution in [-0.2, 0) is 17.7 Å². The van der Waals surface area contributed by atoms with Crippen molar-refractivity contribution in [2.45, 2.75) is 25.7 Å². The number of hydrogen-bond acceptors (Lipinski definition) is 5. The summed E-state index contributed by atoms with van der Waals surface area (Å²) in [7, 11) is 0. The molecule has 4 aromatic rings. The molecule has 0 bridgehead atoms. The molecule has 0 spiro atoms. The van der Waals surface area contributed by atoms with E-state index >= 15 is 0 Å². The van der Waals surface area contributed by atoms with E-state index in [1.54, 1.807) is 24.3 Å². The van der Waals surface area contributed by atoms with E-state index in [1.807, 2.05) is 18.2 Å². The van der Waals surface area contributed by atoms with Crippen LogP contribution in [0.15, 0.2) is 82.5 Å². The fraction of sp³-hybridized carbons (Fsp3) is 0.160. The predicted molar refractivity (Wildman–Crippen MR) is 115 cm³/mol. The third kappa shape index (κ3) is 3.50. The standard InChI is InChI=1S/C25H20N2O3/c28-25(18-9-2-1-3-10-18)30-26-21-14-7-15-23-24(21)22(27-29-23)16-19-12-6-11-17-8-4-5-13-20(17)19/h1-6,8-13H,7,14-16H2. The van der Waals surface area contributed by atoms with Gasteiger partial charge in [-0.3, -0.25) is 0 Å². The largest absolute Gasteiger partial charge is 0.365 e. The van der Waals surface area contributed by atoms with E-state index in [0.717, 1.165) is 42.0 Å². The second kappa shape index (κ2) is 7.95. The minimum Gasteiger partial charge on any atom is -0.360 e. The number of carbonyl (C=O) groups is 1. The van der Waals surface area contributed by atoms with Crippen LogP contribution in [-0.4, -0.2) is 16.8 Å². The quantitative estimate of drug-likeness (QED) is 0.346. The zero-order chi connectivity index (χ0) is 20.3. The van der Waals surface area contributed by atoms with Gasteiger partial charge in [0, 0.05) is 12.8 Å². The smallest absolute Gasteiger partial charge is 0.360 e. The zero-order valence-corrected chi connectivity index (χ0v) is 16.4. The van der Waals surface area contributed by atoms with Crippen molar-refractivity contribution in [3.63, 3.8) is 0 Å². The van der Waals surface area contributed by atoms with Gasteiger partial charge in [0.1, 0.15) is 5.76 Å². The highest BCUT2D eigenvalue weighted by atomic mass is 16.7. The second-order valence-electron chi connectivity index (χ2n) is 7.38. The fourth-order valence-corrected chi connectivity index (χ4v) is 3.96. The number of oxime groups is 1. The van der Waals surface area contributed by atoms with Crippen molar-refractivity contribution >= 4 is 22.5 Å². The maximum absolute atomic E-state index is 12.3. The van der Waals surface area contributed by atoms with Gasteiger partial charge in [0.2, 0.25) is 0 Å². The Balaban J connectivity index is 1.46. The highest BCUT2D eigenvalue weighted by molar-refractivity contribution is 6.03. The van der Waals surface area contributed by atoms with Crippen molar-refractivity contribution < 1.29 is 14.2 Å². The molecule has 148 valence electrons. The summed E-state index contributed by atoms with van der Waals surface area (Å²) in [6, 6.07) is 23.4. The van der Waals surface area contributed by atoms with Gasteiger partial charge >= 0.3 is 5.97 Å². The average molecular weight is 396 g/mol. The first kappa shape index (κ1) is 18.3. The SMILES string of the molecule is O=C(ON=C1CCCc2onc(Cc3cccc4ccccc34)c21)c1ccccc1. The molecule has 3 aromatic carbocycles. The Morgan fingerprint density at radius 2 is 1.77 bits per heavy atom. The summed E-state index contributed by atoms with van der Waals surface area (Å²) in [5, 5.41) is 10.9. The lowest BCUT2D eigenvalue weighted by Gasteiger charge is -2.13. The van der Waals surface area contributed by atoms with Crippen LogP contribution in [0.25, 0.3) is 10.8 Å². The third-order valence-corrected chi connectivity index (χ3v) is 5.43. The van der Waals surface area contributed by atoms with Gasteiger partial charge in [-0.25, -0.2) is 4.79 Å². The summed E-state index contributed by atoms with van der Waals surface area (Å²) in [6.45, 7) is 0. The van der Waals surface area contributed by atoms with Crippen LogP contribution in [0.3, 0.4) is 0 Å². The molecule has 0 radical (unpaired) electrons. The van der Waals surface area contributed by atoms with Crippen molar-refractivity contribution in [3.8, 4) is 0 Å². The van der Waals surface area contributed by atoms with E-state index in [4.69, 9.17) is 9.36 Å². The van der Waals surface area contributed by atoms with Gasteiger partial charge in [-0.1, -0.05) is 71.0 Å². The molecule has 0 amide bonds. The summed E-state index contributed by atoms with van der Waals surface area (Å²) in [6.07, 6.45) is 3.05. The van der Waals surface area contributed by atoms with Crippen LogP contribution in [0.2, 0.25) is 0 Å². The lowest BCUT2D eigenvalue weighted by Crippen LogP contribution is -2.14. The van der Waals surface area contributed by atoms with Crippen LogP contribution in [0.1, 0.15) is 45.8 Å². The third-order valence-electron chi connectivity index (χ3n) is 5.43. The number of hydrogen-bond donors (Lipinski definition) is 0. The molecular weight excluding hydrogens is 376 g/mol. The molecule has 0 N–H and O–H groups in total. The first-order chi connectivity index (χ1) is 14.8. The molecule has 0 saturated heterocycles. The molecule has 1 aliphatic carbocycles. The number of aromatic nitrogens is 1. The van der Waals surface area contributed by atoms with Gasteiger partial charge < -0.3 is 9.36 Å². The molecule has 0 atom stereocenters. The molecule has 0 aliphatic heterocycles. The summed E-state index contributed by atoms with van der Waals surface area (Å²) in [4.78, 5) is 17.5. The summed E-state index contributed by atoms with van der Waals surface area (Å²) in [5.74, 6) is 0.341. The van der Waals surface area contributed by atoms with Crippen molar-refractivity contribution in [2.75, 3.05) is 0 Å². The Morgan fingerprint density at radius 3 is 2.67 bits per heavy atom. The van der Waals surface area contributed by atoms with Gasteiger partial charge in [-0.05, 0) is 41.3 Å². The van der Waals surface area contributed by atoms with Gasteiger partial charge in [0.05, 0.1) is 22.5 Å². The topological polar surface area (TPSA) is 64.7 Å².